The summed E-state index contributed by atoms with van der Waals surface area (Å²) in [7, 11) is 0. The lowest BCUT2D eigenvalue weighted by Gasteiger charge is -2.09. The van der Waals surface area contributed by atoms with E-state index in [1.54, 1.807) is 6.07 Å². The molecule has 0 spiro atoms. The van der Waals surface area contributed by atoms with Gasteiger partial charge in [-0.25, -0.2) is 0 Å². The molecule has 1 unspecified atom stereocenters. The van der Waals surface area contributed by atoms with E-state index in [9.17, 15) is 5.11 Å². The van der Waals surface area contributed by atoms with Gasteiger partial charge in [-0.15, -0.1) is 6.58 Å². The average Bonchev–Trinajstić information content (AvgIpc) is 2.51. The van der Waals surface area contributed by atoms with Crippen LogP contribution in [0.5, 0.6) is 5.75 Å². The molecule has 1 N–H and O–H groups in total. The predicted molar refractivity (Wildman–Crippen MR) is 91.7 cm³/mol. The van der Waals surface area contributed by atoms with Crippen LogP contribution in [-0.2, 0) is 6.42 Å². The second-order valence-corrected chi connectivity index (χ2v) is 5.79. The van der Waals surface area contributed by atoms with Crippen molar-refractivity contribution in [2.75, 3.05) is 0 Å². The molecule has 0 aliphatic heterocycles. The van der Waals surface area contributed by atoms with Gasteiger partial charge in [0.25, 0.3) is 0 Å². The molecule has 0 aliphatic rings. The third-order valence-electron chi connectivity index (χ3n) is 4.07. The maximum absolute atomic E-state index is 10.1. The lowest BCUT2D eigenvalue weighted by molar-refractivity contribution is 0.471. The maximum Gasteiger partial charge on any atom is 0.119 e. The Balaban J connectivity index is 2.16. The quantitative estimate of drug-likeness (QED) is 0.679. The Kier molecular flexibility index (Phi) is 5.21. The van der Waals surface area contributed by atoms with Gasteiger partial charge in [-0.05, 0) is 48.9 Å². The summed E-state index contributed by atoms with van der Waals surface area (Å²) < 4.78 is 0. The molecule has 21 heavy (non-hydrogen) atoms. The second-order valence-electron chi connectivity index (χ2n) is 5.79. The first-order valence-electron chi connectivity index (χ1n) is 7.59. The number of fused-ring (bicyclic) bond motifs is 1. The van der Waals surface area contributed by atoms with E-state index in [2.05, 4.69) is 38.6 Å². The minimum absolute atomic E-state index is 0.386. The third kappa shape index (κ3) is 3.98. The van der Waals surface area contributed by atoms with Crippen molar-refractivity contribution in [3.05, 3.63) is 66.3 Å². The molecule has 110 valence electrons. The molecule has 0 aliphatic carbocycles. The van der Waals surface area contributed by atoms with Crippen molar-refractivity contribution in [1.29, 1.82) is 0 Å². The highest BCUT2D eigenvalue weighted by molar-refractivity contribution is 5.87. The molecule has 0 aromatic heterocycles. The van der Waals surface area contributed by atoms with Gasteiger partial charge in [0.05, 0.1) is 0 Å². The van der Waals surface area contributed by atoms with Crippen LogP contribution in [0.25, 0.3) is 10.8 Å². The molecule has 0 saturated carbocycles. The Morgan fingerprint density at radius 1 is 1.24 bits per heavy atom. The minimum atomic E-state index is 0.386. The van der Waals surface area contributed by atoms with Crippen molar-refractivity contribution in [3.8, 4) is 5.75 Å². The fraction of sp³-hybridized carbons (Fsp3) is 0.300. The monoisotopic (exact) mass is 280 g/mol. The van der Waals surface area contributed by atoms with Crippen LogP contribution in [0.15, 0.2) is 60.7 Å². The first kappa shape index (κ1) is 15.4. The second kappa shape index (κ2) is 7.12. The summed E-state index contributed by atoms with van der Waals surface area (Å²) in [6.45, 7) is 8.18. The van der Waals surface area contributed by atoms with Crippen LogP contribution >= 0.6 is 0 Å². The van der Waals surface area contributed by atoms with E-state index < -0.39 is 0 Å². The molecule has 1 heteroatoms. The van der Waals surface area contributed by atoms with Crippen LogP contribution in [0.2, 0.25) is 0 Å². The third-order valence-corrected chi connectivity index (χ3v) is 4.07. The molecule has 0 bridgehead atoms. The van der Waals surface area contributed by atoms with Gasteiger partial charge < -0.3 is 5.11 Å². The van der Waals surface area contributed by atoms with Crippen molar-refractivity contribution in [1.82, 2.24) is 0 Å². The number of phenolic OH excluding ortho intramolecular Hbond substituents is 1. The molecular formula is C20H24O. The van der Waals surface area contributed by atoms with Crippen LogP contribution in [0.1, 0.15) is 32.3 Å². The SMILES string of the molecule is C=CC(C)CC/C(C)=C/Cc1c(O)ccc2ccccc12. The summed E-state index contributed by atoms with van der Waals surface area (Å²) in [4.78, 5) is 0. The highest BCUT2D eigenvalue weighted by Gasteiger charge is 2.05. The van der Waals surface area contributed by atoms with Gasteiger partial charge in [0.15, 0.2) is 0 Å². The lowest BCUT2D eigenvalue weighted by atomic mass is 9.98. The van der Waals surface area contributed by atoms with E-state index in [1.165, 1.54) is 11.0 Å². The zero-order valence-corrected chi connectivity index (χ0v) is 13.0. The average molecular weight is 280 g/mol. The molecule has 0 radical (unpaired) electrons. The molecule has 1 atom stereocenters. The number of phenols is 1. The van der Waals surface area contributed by atoms with Crippen molar-refractivity contribution in [2.24, 2.45) is 5.92 Å². The summed E-state index contributed by atoms with van der Waals surface area (Å²) >= 11 is 0. The van der Waals surface area contributed by atoms with Crippen LogP contribution < -0.4 is 0 Å². The number of allylic oxidation sites excluding steroid dienone is 3. The lowest BCUT2D eigenvalue weighted by Crippen LogP contribution is -1.91. The topological polar surface area (TPSA) is 20.2 Å². The van der Waals surface area contributed by atoms with Gasteiger partial charge in [0, 0.05) is 5.56 Å². The Morgan fingerprint density at radius 2 is 2.00 bits per heavy atom. The molecule has 0 amide bonds. The highest BCUT2D eigenvalue weighted by atomic mass is 16.3. The Labute approximate surface area is 127 Å². The van der Waals surface area contributed by atoms with Gasteiger partial charge in [-0.3, -0.25) is 0 Å². The molecule has 0 heterocycles. The van der Waals surface area contributed by atoms with Crippen molar-refractivity contribution < 1.29 is 5.11 Å². The van der Waals surface area contributed by atoms with Gasteiger partial charge in [0.2, 0.25) is 0 Å². The zero-order valence-electron chi connectivity index (χ0n) is 13.0. The van der Waals surface area contributed by atoms with Crippen LogP contribution in [0.3, 0.4) is 0 Å². The highest BCUT2D eigenvalue weighted by Crippen LogP contribution is 2.28. The Morgan fingerprint density at radius 3 is 2.76 bits per heavy atom. The number of rotatable bonds is 6. The van der Waals surface area contributed by atoms with Gasteiger partial charge in [0.1, 0.15) is 5.75 Å². The van der Waals surface area contributed by atoms with E-state index in [0.717, 1.165) is 30.2 Å². The van der Waals surface area contributed by atoms with E-state index in [-0.39, 0.29) is 0 Å². The summed E-state index contributed by atoms with van der Waals surface area (Å²) in [5, 5.41) is 12.5. The van der Waals surface area contributed by atoms with Crippen molar-refractivity contribution in [2.45, 2.75) is 33.1 Å². The van der Waals surface area contributed by atoms with Crippen LogP contribution in [-0.4, -0.2) is 5.11 Å². The van der Waals surface area contributed by atoms with E-state index in [1.807, 2.05) is 24.3 Å². The first-order valence-corrected chi connectivity index (χ1v) is 7.59. The summed E-state index contributed by atoms with van der Waals surface area (Å²) in [5.74, 6) is 0.941. The van der Waals surface area contributed by atoms with Crippen molar-refractivity contribution in [3.63, 3.8) is 0 Å². The number of aromatic hydroxyl groups is 1. The van der Waals surface area contributed by atoms with E-state index in [0.29, 0.717) is 11.7 Å². The summed E-state index contributed by atoms with van der Waals surface area (Å²) in [6.07, 6.45) is 7.23. The Bertz CT molecular complexity index is 652. The smallest absolute Gasteiger partial charge is 0.119 e. The predicted octanol–water partition coefficient (Wildman–Crippen LogP) is 5.64. The molecule has 0 saturated heterocycles. The molecule has 1 nitrogen and oxygen atoms in total. The fourth-order valence-corrected chi connectivity index (χ4v) is 2.49. The summed E-state index contributed by atoms with van der Waals surface area (Å²) in [6, 6.07) is 12.0. The molecular weight excluding hydrogens is 256 g/mol. The van der Waals surface area contributed by atoms with Crippen LogP contribution in [0.4, 0.5) is 0 Å². The maximum atomic E-state index is 10.1. The van der Waals surface area contributed by atoms with Crippen LogP contribution in [0, 0.1) is 5.92 Å². The zero-order chi connectivity index (χ0) is 15.2. The minimum Gasteiger partial charge on any atom is -0.508 e. The van der Waals surface area contributed by atoms with Gasteiger partial charge >= 0.3 is 0 Å². The number of hydrogen-bond donors (Lipinski definition) is 1. The standard InChI is InChI=1S/C20H24O/c1-4-15(2)9-10-16(3)11-13-19-18-8-6-5-7-17(18)12-14-20(19)21/h4-8,11-12,14-15,21H,1,9-10,13H2,2-3H3/b16-11+. The summed E-state index contributed by atoms with van der Waals surface area (Å²) in [5.41, 5.74) is 2.39. The largest absolute Gasteiger partial charge is 0.508 e. The molecule has 2 aromatic rings. The molecule has 2 aromatic carbocycles. The molecule has 0 fully saturated rings. The van der Waals surface area contributed by atoms with E-state index >= 15 is 0 Å². The van der Waals surface area contributed by atoms with Gasteiger partial charge in [-0.1, -0.05) is 55.0 Å². The van der Waals surface area contributed by atoms with Crippen molar-refractivity contribution >= 4 is 10.8 Å². The molecule has 2 rings (SSSR count). The normalized spacial score (nSPS) is 13.3. The fourth-order valence-electron chi connectivity index (χ4n) is 2.49. The van der Waals surface area contributed by atoms with Gasteiger partial charge in [-0.2, -0.15) is 0 Å². The number of hydrogen-bond acceptors (Lipinski definition) is 1. The Hall–Kier alpha value is -2.02. The first-order chi connectivity index (χ1) is 10.1. The number of benzene rings is 2. The van der Waals surface area contributed by atoms with E-state index in [4.69, 9.17) is 0 Å².